The fraction of sp³-hybridized carbons (Fsp3) is 0.182. The molecule has 0 atom stereocenters. The quantitative estimate of drug-likeness (QED) is 0.559. The summed E-state index contributed by atoms with van der Waals surface area (Å²) < 4.78 is 29.1. The number of ether oxygens (including phenoxy) is 1. The van der Waals surface area contributed by atoms with Gasteiger partial charge < -0.3 is 14.9 Å². The van der Waals surface area contributed by atoms with Crippen molar-refractivity contribution in [3.8, 4) is 5.75 Å². The van der Waals surface area contributed by atoms with Gasteiger partial charge in [0.15, 0.2) is 6.61 Å². The number of hydrogen-bond donors (Lipinski definition) is 0. The van der Waals surface area contributed by atoms with Gasteiger partial charge in [-0.15, -0.1) is 0 Å². The Labute approximate surface area is 129 Å². The lowest BCUT2D eigenvalue weighted by Crippen LogP contribution is -2.17. The third kappa shape index (κ3) is 3.60. The minimum atomic E-state index is -3.94. The fourth-order valence-corrected chi connectivity index (χ4v) is 2.70. The number of imidazole rings is 1. The molecular formula is C11H10N4O7S. The molecule has 0 radical (unpaired) electrons. The van der Waals surface area contributed by atoms with Gasteiger partial charge >= 0.3 is 15.8 Å². The standard InChI is InChI=1S/C11H10N4O7S/c1-23(20,21)13-10(12-6-11(13)15(18)19)7-22-9-4-2-8(3-5-9)14(16)17/h2-6H,7H2,1H3. The van der Waals surface area contributed by atoms with E-state index in [2.05, 4.69) is 4.98 Å². The average molecular weight is 342 g/mol. The maximum Gasteiger partial charge on any atom is 0.358 e. The number of hydrogen-bond acceptors (Lipinski definition) is 8. The van der Waals surface area contributed by atoms with Crippen LogP contribution in [0.2, 0.25) is 0 Å². The van der Waals surface area contributed by atoms with Gasteiger partial charge in [0, 0.05) is 12.1 Å². The Balaban J connectivity index is 2.24. The van der Waals surface area contributed by atoms with E-state index in [-0.39, 0.29) is 23.9 Å². The van der Waals surface area contributed by atoms with Crippen LogP contribution < -0.4 is 4.74 Å². The predicted octanol–water partition coefficient (Wildman–Crippen LogP) is 1.09. The van der Waals surface area contributed by atoms with Crippen LogP contribution in [0, 0.1) is 20.2 Å². The summed E-state index contributed by atoms with van der Waals surface area (Å²) in [5.41, 5.74) is -0.134. The van der Waals surface area contributed by atoms with Crippen LogP contribution in [0.3, 0.4) is 0 Å². The Hall–Kier alpha value is -3.02. The van der Waals surface area contributed by atoms with Gasteiger partial charge in [-0.3, -0.25) is 10.1 Å². The third-order valence-corrected chi connectivity index (χ3v) is 3.77. The summed E-state index contributed by atoms with van der Waals surface area (Å²) in [5, 5.41) is 21.4. The first-order chi connectivity index (χ1) is 10.7. The minimum Gasteiger partial charge on any atom is -0.483 e. The predicted molar refractivity (Wildman–Crippen MR) is 76.6 cm³/mol. The smallest absolute Gasteiger partial charge is 0.358 e. The Bertz CT molecular complexity index is 857. The first kappa shape index (κ1) is 16.4. The van der Waals surface area contributed by atoms with Crippen molar-refractivity contribution in [1.29, 1.82) is 0 Å². The van der Waals surface area contributed by atoms with Crippen molar-refractivity contribution in [2.24, 2.45) is 0 Å². The Morgan fingerprint density at radius 3 is 2.26 bits per heavy atom. The van der Waals surface area contributed by atoms with Crippen molar-refractivity contribution in [3.05, 3.63) is 56.5 Å². The average Bonchev–Trinajstić information content (AvgIpc) is 2.89. The molecule has 0 unspecified atom stereocenters. The molecule has 0 saturated heterocycles. The van der Waals surface area contributed by atoms with Crippen LogP contribution in [0.5, 0.6) is 5.75 Å². The van der Waals surface area contributed by atoms with Gasteiger partial charge in [0.05, 0.1) is 11.2 Å². The summed E-state index contributed by atoms with van der Waals surface area (Å²) >= 11 is 0. The highest BCUT2D eigenvalue weighted by atomic mass is 32.2. The lowest BCUT2D eigenvalue weighted by Gasteiger charge is -2.05. The number of non-ortho nitro benzene ring substituents is 1. The first-order valence-corrected chi connectivity index (χ1v) is 7.84. The van der Waals surface area contributed by atoms with E-state index in [9.17, 15) is 28.6 Å². The molecule has 0 saturated carbocycles. The maximum atomic E-state index is 11.7. The molecule has 12 heteroatoms. The van der Waals surface area contributed by atoms with Crippen molar-refractivity contribution in [3.63, 3.8) is 0 Å². The van der Waals surface area contributed by atoms with Gasteiger partial charge in [-0.25, -0.2) is 4.98 Å². The molecule has 122 valence electrons. The molecule has 23 heavy (non-hydrogen) atoms. The van der Waals surface area contributed by atoms with E-state index in [1.54, 1.807) is 0 Å². The zero-order chi connectivity index (χ0) is 17.2. The molecule has 11 nitrogen and oxygen atoms in total. The summed E-state index contributed by atoms with van der Waals surface area (Å²) in [6.45, 7) is -0.362. The lowest BCUT2D eigenvalue weighted by atomic mass is 10.3. The van der Waals surface area contributed by atoms with Gasteiger partial charge in [0.2, 0.25) is 0 Å². The number of nitrogens with zero attached hydrogens (tertiary/aromatic N) is 4. The third-order valence-electron chi connectivity index (χ3n) is 2.71. The highest BCUT2D eigenvalue weighted by Crippen LogP contribution is 2.21. The van der Waals surface area contributed by atoms with Crippen LogP contribution in [-0.2, 0) is 16.6 Å². The van der Waals surface area contributed by atoms with E-state index in [1.165, 1.54) is 24.3 Å². The second-order valence-corrected chi connectivity index (χ2v) is 6.19. The molecule has 0 aliphatic heterocycles. The minimum absolute atomic E-state index is 0.134. The van der Waals surface area contributed by atoms with E-state index in [0.29, 0.717) is 3.97 Å². The second kappa shape index (κ2) is 6.00. The van der Waals surface area contributed by atoms with Gasteiger partial charge in [-0.05, 0) is 17.1 Å². The molecule has 1 heterocycles. The van der Waals surface area contributed by atoms with E-state index in [0.717, 1.165) is 12.5 Å². The fourth-order valence-electron chi connectivity index (χ4n) is 1.76. The molecule has 1 aromatic carbocycles. The molecule has 0 amide bonds. The molecule has 0 fully saturated rings. The lowest BCUT2D eigenvalue weighted by molar-refractivity contribution is -0.390. The van der Waals surface area contributed by atoms with Gasteiger partial charge in [0.1, 0.15) is 11.9 Å². The van der Waals surface area contributed by atoms with Crippen LogP contribution >= 0.6 is 0 Å². The van der Waals surface area contributed by atoms with Crippen LogP contribution in [0.4, 0.5) is 11.5 Å². The molecule has 0 N–H and O–H groups in total. The number of aromatic nitrogens is 2. The monoisotopic (exact) mass is 342 g/mol. The maximum absolute atomic E-state index is 11.7. The van der Waals surface area contributed by atoms with E-state index in [4.69, 9.17) is 4.74 Å². The summed E-state index contributed by atoms with van der Waals surface area (Å²) in [4.78, 5) is 23.6. The van der Waals surface area contributed by atoms with E-state index in [1.807, 2.05) is 0 Å². The summed E-state index contributed by atoms with van der Waals surface area (Å²) in [7, 11) is -3.94. The number of rotatable bonds is 6. The van der Waals surface area contributed by atoms with Crippen LogP contribution in [0.25, 0.3) is 0 Å². The first-order valence-electron chi connectivity index (χ1n) is 5.99. The highest BCUT2D eigenvalue weighted by molar-refractivity contribution is 7.89. The molecule has 0 spiro atoms. The molecule has 1 aromatic heterocycles. The van der Waals surface area contributed by atoms with Gasteiger partial charge in [-0.2, -0.15) is 8.42 Å². The van der Waals surface area contributed by atoms with Gasteiger partial charge in [-0.1, -0.05) is 3.97 Å². The molecular weight excluding hydrogens is 332 g/mol. The molecule has 2 aromatic rings. The summed E-state index contributed by atoms with van der Waals surface area (Å²) in [6, 6.07) is 5.06. The molecule has 0 aliphatic rings. The van der Waals surface area contributed by atoms with E-state index < -0.39 is 25.7 Å². The zero-order valence-corrected chi connectivity index (χ0v) is 12.5. The normalized spacial score (nSPS) is 11.2. The van der Waals surface area contributed by atoms with Crippen molar-refractivity contribution < 1.29 is 23.0 Å². The van der Waals surface area contributed by atoms with Crippen molar-refractivity contribution in [2.75, 3.05) is 6.26 Å². The SMILES string of the molecule is CS(=O)(=O)n1c([N+](=O)[O-])cnc1COc1ccc([N+](=O)[O-])cc1. The summed E-state index contributed by atoms with van der Waals surface area (Å²) in [6.07, 6.45) is 1.62. The van der Waals surface area contributed by atoms with E-state index >= 15 is 0 Å². The highest BCUT2D eigenvalue weighted by Gasteiger charge is 2.28. The number of nitro groups is 2. The van der Waals surface area contributed by atoms with Gasteiger partial charge in [0.25, 0.3) is 11.5 Å². The topological polar surface area (TPSA) is 147 Å². The van der Waals surface area contributed by atoms with Crippen LogP contribution in [-0.4, -0.2) is 33.5 Å². The largest absolute Gasteiger partial charge is 0.483 e. The van der Waals surface area contributed by atoms with Crippen molar-refractivity contribution >= 4 is 21.5 Å². The number of benzene rings is 1. The van der Waals surface area contributed by atoms with Crippen molar-refractivity contribution in [1.82, 2.24) is 8.96 Å². The molecule has 0 bridgehead atoms. The Kier molecular flexibility index (Phi) is 4.27. The molecule has 0 aliphatic carbocycles. The zero-order valence-electron chi connectivity index (χ0n) is 11.6. The van der Waals surface area contributed by atoms with Crippen molar-refractivity contribution in [2.45, 2.75) is 6.61 Å². The molecule has 2 rings (SSSR count). The second-order valence-electron chi connectivity index (χ2n) is 4.36. The van der Waals surface area contributed by atoms with Crippen LogP contribution in [0.1, 0.15) is 5.82 Å². The number of nitro benzene ring substituents is 1. The summed E-state index contributed by atoms with van der Waals surface area (Å²) in [5.74, 6) is -0.659. The Morgan fingerprint density at radius 2 is 1.78 bits per heavy atom. The Morgan fingerprint density at radius 1 is 1.17 bits per heavy atom. The van der Waals surface area contributed by atoms with Crippen LogP contribution in [0.15, 0.2) is 30.5 Å².